The fourth-order valence-corrected chi connectivity index (χ4v) is 1.24. The molecule has 0 aliphatic heterocycles. The van der Waals surface area contributed by atoms with Crippen molar-refractivity contribution < 1.29 is 8.39 Å². The second-order valence-corrected chi connectivity index (χ2v) is 9.00. The number of rotatable bonds is 2. The topological polar surface area (TPSA) is 26.3 Å². The molecular weight excluding hydrogens is 176 g/mol. The third-order valence-corrected chi connectivity index (χ3v) is 2.14. The predicted octanol–water partition coefficient (Wildman–Crippen LogP) is 1.18. The zero-order valence-corrected chi connectivity index (χ0v) is 9.25. The van der Waals surface area contributed by atoms with E-state index in [9.17, 15) is 4.21 Å². The van der Waals surface area contributed by atoms with Gasteiger partial charge in [-0.05, 0) is 0 Å². The summed E-state index contributed by atoms with van der Waals surface area (Å²) in [5, 5.41) is 0. The summed E-state index contributed by atoms with van der Waals surface area (Å²) in [4.78, 5) is 0. The maximum atomic E-state index is 10.4. The Morgan fingerprint density at radius 3 is 2.36 bits per heavy atom. The molecule has 0 amide bonds. The van der Waals surface area contributed by atoms with E-state index in [1.165, 1.54) is 6.26 Å². The number of hydrogen-bond donors (Lipinski definition) is 0. The molecule has 11 heavy (non-hydrogen) atoms. The largest absolute Gasteiger partial charge is 0.278 e. The molecule has 0 aliphatic carbocycles. The third-order valence-electron chi connectivity index (χ3n) is 0.760. The molecule has 0 heterocycles. The summed E-state index contributed by atoms with van der Waals surface area (Å²) in [6.45, 7) is 6.75. The predicted molar refractivity (Wildman–Crippen MR) is 51.1 cm³/mol. The maximum Gasteiger partial charge on any atom is 0.153 e. The summed E-state index contributed by atoms with van der Waals surface area (Å²) in [7, 11) is -1.27. The first kappa shape index (κ1) is 10.9. The van der Waals surface area contributed by atoms with Crippen LogP contribution in [-0.2, 0) is 15.3 Å². The lowest BCUT2D eigenvalue weighted by Crippen LogP contribution is -2.16. The van der Waals surface area contributed by atoms with Crippen molar-refractivity contribution in [3.8, 4) is 11.5 Å². The zero-order chi connectivity index (χ0) is 8.91. The van der Waals surface area contributed by atoms with Gasteiger partial charge in [0, 0.05) is 6.26 Å². The van der Waals surface area contributed by atoms with E-state index in [-0.39, 0.29) is 6.61 Å². The van der Waals surface area contributed by atoms with Crippen LogP contribution in [0.25, 0.3) is 0 Å². The fourth-order valence-electron chi connectivity index (χ4n) is 0.414. The van der Waals surface area contributed by atoms with Crippen LogP contribution >= 0.6 is 0 Å². The van der Waals surface area contributed by atoms with Gasteiger partial charge in [0.2, 0.25) is 0 Å². The molecule has 0 bridgehead atoms. The Morgan fingerprint density at radius 2 is 2.00 bits per heavy atom. The van der Waals surface area contributed by atoms with Gasteiger partial charge < -0.3 is 0 Å². The first-order valence-corrected chi connectivity index (χ1v) is 8.37. The standard InChI is InChI=1S/C7H14O2SSi/c1-10(8)9-6-5-7-11(2,3)4/h6H2,1-4H3. The van der Waals surface area contributed by atoms with Crippen LogP contribution in [0.3, 0.4) is 0 Å². The van der Waals surface area contributed by atoms with E-state index in [0.717, 1.165) is 0 Å². The van der Waals surface area contributed by atoms with E-state index in [4.69, 9.17) is 4.18 Å². The van der Waals surface area contributed by atoms with Crippen LogP contribution in [0, 0.1) is 11.5 Å². The normalized spacial score (nSPS) is 13.5. The molecule has 0 saturated carbocycles. The molecule has 4 heteroatoms. The first-order chi connectivity index (χ1) is 4.92. The molecule has 0 radical (unpaired) electrons. The molecule has 0 aliphatic rings. The summed E-state index contributed by atoms with van der Waals surface area (Å²) in [6, 6.07) is 0. The van der Waals surface area contributed by atoms with Gasteiger partial charge in [0.05, 0.1) is 0 Å². The molecule has 1 unspecified atom stereocenters. The van der Waals surface area contributed by atoms with E-state index >= 15 is 0 Å². The Balaban J connectivity index is 3.66. The molecule has 0 fully saturated rings. The van der Waals surface area contributed by atoms with Crippen molar-refractivity contribution in [3.63, 3.8) is 0 Å². The molecule has 64 valence electrons. The molecule has 0 N–H and O–H groups in total. The fraction of sp³-hybridized carbons (Fsp3) is 0.714. The van der Waals surface area contributed by atoms with Gasteiger partial charge >= 0.3 is 0 Å². The zero-order valence-electron chi connectivity index (χ0n) is 7.43. The maximum absolute atomic E-state index is 10.4. The lowest BCUT2D eigenvalue weighted by molar-refractivity contribution is 0.406. The Labute approximate surface area is 72.0 Å². The van der Waals surface area contributed by atoms with Crippen molar-refractivity contribution in [1.82, 2.24) is 0 Å². The Bertz CT molecular complexity index is 197. The average Bonchev–Trinajstić information content (AvgIpc) is 1.78. The molecule has 0 aromatic heterocycles. The Morgan fingerprint density at radius 1 is 1.45 bits per heavy atom. The van der Waals surface area contributed by atoms with Crippen LogP contribution in [0.2, 0.25) is 19.6 Å². The Hall–Kier alpha value is -0.113. The molecular formula is C7H14O2SSi. The van der Waals surface area contributed by atoms with Gasteiger partial charge in [-0.15, -0.1) is 5.54 Å². The molecule has 0 spiro atoms. The van der Waals surface area contributed by atoms with Crippen molar-refractivity contribution in [2.75, 3.05) is 12.9 Å². The SMILES string of the molecule is CS(=O)OCC#C[Si](C)(C)C. The van der Waals surface area contributed by atoms with Gasteiger partial charge in [-0.1, -0.05) is 25.6 Å². The van der Waals surface area contributed by atoms with Crippen molar-refractivity contribution in [3.05, 3.63) is 0 Å². The van der Waals surface area contributed by atoms with Crippen LogP contribution in [0.15, 0.2) is 0 Å². The van der Waals surface area contributed by atoms with Gasteiger partial charge in [-0.3, -0.25) is 4.18 Å². The van der Waals surface area contributed by atoms with Crippen LogP contribution in [0.1, 0.15) is 0 Å². The highest BCUT2D eigenvalue weighted by molar-refractivity contribution is 7.79. The highest BCUT2D eigenvalue weighted by Crippen LogP contribution is 1.95. The molecule has 0 saturated heterocycles. The van der Waals surface area contributed by atoms with Crippen molar-refractivity contribution >= 4 is 19.2 Å². The van der Waals surface area contributed by atoms with E-state index in [1.807, 2.05) is 0 Å². The summed E-state index contributed by atoms with van der Waals surface area (Å²) < 4.78 is 15.2. The van der Waals surface area contributed by atoms with Gasteiger partial charge in [0.1, 0.15) is 14.7 Å². The monoisotopic (exact) mass is 190 g/mol. The molecule has 1 atom stereocenters. The lowest BCUT2D eigenvalue weighted by atomic mass is 10.8. The van der Waals surface area contributed by atoms with Gasteiger partial charge in [-0.2, -0.15) is 0 Å². The van der Waals surface area contributed by atoms with Crippen molar-refractivity contribution in [2.45, 2.75) is 19.6 Å². The highest BCUT2D eigenvalue weighted by Gasteiger charge is 2.06. The molecule has 2 nitrogen and oxygen atoms in total. The van der Waals surface area contributed by atoms with Crippen molar-refractivity contribution in [2.24, 2.45) is 0 Å². The van der Waals surface area contributed by atoms with E-state index in [0.29, 0.717) is 0 Å². The first-order valence-electron chi connectivity index (χ1n) is 3.38. The van der Waals surface area contributed by atoms with E-state index in [1.54, 1.807) is 0 Å². The second kappa shape index (κ2) is 4.70. The van der Waals surface area contributed by atoms with Crippen LogP contribution in [0.4, 0.5) is 0 Å². The van der Waals surface area contributed by atoms with E-state index in [2.05, 4.69) is 31.1 Å². The minimum absolute atomic E-state index is 0.285. The van der Waals surface area contributed by atoms with E-state index < -0.39 is 19.2 Å². The smallest absolute Gasteiger partial charge is 0.153 e. The summed E-state index contributed by atoms with van der Waals surface area (Å²) in [5.74, 6) is 2.85. The van der Waals surface area contributed by atoms with Crippen LogP contribution in [-0.4, -0.2) is 25.1 Å². The minimum Gasteiger partial charge on any atom is -0.278 e. The lowest BCUT2D eigenvalue weighted by Gasteiger charge is -2.02. The second-order valence-electron chi connectivity index (χ2n) is 3.22. The minimum atomic E-state index is -1.27. The quantitative estimate of drug-likeness (QED) is 0.483. The van der Waals surface area contributed by atoms with Gasteiger partial charge in [0.25, 0.3) is 0 Å². The molecule has 0 aromatic rings. The van der Waals surface area contributed by atoms with Gasteiger partial charge in [0.15, 0.2) is 11.1 Å². The average molecular weight is 190 g/mol. The van der Waals surface area contributed by atoms with Crippen molar-refractivity contribution in [1.29, 1.82) is 0 Å². The summed E-state index contributed by atoms with van der Waals surface area (Å²) >= 11 is -1.18. The third kappa shape index (κ3) is 9.89. The summed E-state index contributed by atoms with van der Waals surface area (Å²) in [6.07, 6.45) is 1.50. The van der Waals surface area contributed by atoms with Crippen LogP contribution in [0.5, 0.6) is 0 Å². The molecule has 0 aromatic carbocycles. The summed E-state index contributed by atoms with van der Waals surface area (Å²) in [5.41, 5.74) is 3.11. The molecule has 0 rings (SSSR count). The Kier molecular flexibility index (Phi) is 4.65. The van der Waals surface area contributed by atoms with Crippen LogP contribution < -0.4 is 0 Å². The number of hydrogen-bond acceptors (Lipinski definition) is 2. The van der Waals surface area contributed by atoms with Gasteiger partial charge in [-0.25, -0.2) is 4.21 Å². The highest BCUT2D eigenvalue weighted by atomic mass is 32.2.